The molecule has 0 N–H and O–H groups in total. The molecule has 0 unspecified atom stereocenters. The minimum atomic E-state index is -3.20. The minimum absolute atomic E-state index is 0.160. The van der Waals surface area contributed by atoms with Crippen LogP contribution >= 0.6 is 7.60 Å². The van der Waals surface area contributed by atoms with Gasteiger partial charge < -0.3 is 9.05 Å². The third-order valence-corrected chi connectivity index (χ3v) is 3.35. The van der Waals surface area contributed by atoms with E-state index in [4.69, 9.17) is 9.05 Å². The highest BCUT2D eigenvalue weighted by Crippen LogP contribution is 2.51. The third-order valence-electron chi connectivity index (χ3n) is 1.47. The zero-order valence-corrected chi connectivity index (χ0v) is 11.6. The molecule has 16 heavy (non-hydrogen) atoms. The Labute approximate surface area is 98.4 Å². The summed E-state index contributed by atoms with van der Waals surface area (Å²) in [5.41, 5.74) is 3.64. The number of rotatable bonds is 6. The van der Waals surface area contributed by atoms with Crippen molar-refractivity contribution in [3.8, 4) is 0 Å². The molecule has 0 amide bonds. The van der Waals surface area contributed by atoms with Crippen molar-refractivity contribution in [2.45, 2.75) is 46.8 Å². The highest BCUT2D eigenvalue weighted by Gasteiger charge is 2.24. The van der Waals surface area contributed by atoms with Gasteiger partial charge in [-0.25, -0.2) is 0 Å². The normalized spacial score (nSPS) is 11.4. The summed E-state index contributed by atoms with van der Waals surface area (Å²) in [5.74, 6) is 1.37. The molecule has 0 bridgehead atoms. The van der Waals surface area contributed by atoms with Crippen molar-refractivity contribution in [1.82, 2.24) is 0 Å². The molecule has 0 radical (unpaired) electrons. The van der Waals surface area contributed by atoms with E-state index in [0.717, 1.165) is 5.57 Å². The summed E-state index contributed by atoms with van der Waals surface area (Å²) in [6.07, 6.45) is 1.31. The van der Waals surface area contributed by atoms with Crippen LogP contribution in [-0.2, 0) is 13.6 Å². The van der Waals surface area contributed by atoms with Crippen molar-refractivity contribution in [1.29, 1.82) is 0 Å². The fourth-order valence-corrected chi connectivity index (χ4v) is 2.62. The van der Waals surface area contributed by atoms with Crippen LogP contribution in [0.25, 0.3) is 0 Å². The maximum absolute atomic E-state index is 12.2. The molecule has 0 atom stereocenters. The second-order valence-corrected chi connectivity index (χ2v) is 5.77. The van der Waals surface area contributed by atoms with Gasteiger partial charge in [0.2, 0.25) is 0 Å². The Morgan fingerprint density at radius 1 is 1.25 bits per heavy atom. The van der Waals surface area contributed by atoms with Crippen LogP contribution in [0.2, 0.25) is 0 Å². The van der Waals surface area contributed by atoms with Crippen molar-refractivity contribution < 1.29 is 13.6 Å². The van der Waals surface area contributed by atoms with E-state index in [1.807, 2.05) is 34.6 Å². The first-order valence-electron chi connectivity index (χ1n) is 5.32. The van der Waals surface area contributed by atoms with Gasteiger partial charge in [-0.15, -0.1) is 5.73 Å². The lowest BCUT2D eigenvalue weighted by Gasteiger charge is -2.18. The molecule has 0 aromatic heterocycles. The first-order valence-corrected chi connectivity index (χ1v) is 6.93. The molecule has 0 saturated heterocycles. The Morgan fingerprint density at radius 3 is 2.00 bits per heavy atom. The summed E-state index contributed by atoms with van der Waals surface area (Å²) >= 11 is 0. The van der Waals surface area contributed by atoms with Crippen molar-refractivity contribution >= 4 is 7.60 Å². The maximum Gasteiger partial charge on any atom is 0.362 e. The first kappa shape index (κ1) is 15.4. The van der Waals surface area contributed by atoms with Crippen molar-refractivity contribution in [2.75, 3.05) is 0 Å². The minimum Gasteiger partial charge on any atom is -0.302 e. The number of hydrogen-bond acceptors (Lipinski definition) is 3. The Kier molecular flexibility index (Phi) is 6.62. The smallest absolute Gasteiger partial charge is 0.302 e. The molecule has 0 aromatic carbocycles. The van der Waals surface area contributed by atoms with E-state index in [1.54, 1.807) is 6.08 Å². The fraction of sp³-hybridized carbons (Fsp3) is 0.583. The van der Waals surface area contributed by atoms with Crippen LogP contribution in [0.3, 0.4) is 0 Å². The molecule has 0 aliphatic heterocycles. The monoisotopic (exact) mass is 244 g/mol. The molecule has 0 rings (SSSR count). The average Bonchev–Trinajstić information content (AvgIpc) is 2.11. The second-order valence-electron chi connectivity index (χ2n) is 4.01. The van der Waals surface area contributed by atoms with Crippen LogP contribution < -0.4 is 0 Å². The summed E-state index contributed by atoms with van der Waals surface area (Å²) in [7, 11) is -3.20. The van der Waals surface area contributed by atoms with Crippen LogP contribution in [-0.4, -0.2) is 12.2 Å². The third kappa shape index (κ3) is 6.81. The van der Waals surface area contributed by atoms with Crippen molar-refractivity contribution in [3.63, 3.8) is 0 Å². The number of allylic oxidation sites excluding steroid dienone is 2. The van der Waals surface area contributed by atoms with Gasteiger partial charge in [-0.05, 0) is 40.2 Å². The summed E-state index contributed by atoms with van der Waals surface area (Å²) in [5, 5.41) is 0. The van der Waals surface area contributed by atoms with Crippen molar-refractivity contribution in [3.05, 3.63) is 29.8 Å². The van der Waals surface area contributed by atoms with Crippen LogP contribution in [0.4, 0.5) is 0 Å². The van der Waals surface area contributed by atoms with Gasteiger partial charge in [0.05, 0.1) is 18.0 Å². The standard InChI is InChI=1S/C12H21O3P/c1-7-12(6)8-9-16(13,14-10(2)3)15-11(4)5/h7,9-11H,1H2,2-6H3. The van der Waals surface area contributed by atoms with E-state index >= 15 is 0 Å². The largest absolute Gasteiger partial charge is 0.362 e. The van der Waals surface area contributed by atoms with Gasteiger partial charge in [0.25, 0.3) is 0 Å². The lowest BCUT2D eigenvalue weighted by molar-refractivity contribution is 0.149. The topological polar surface area (TPSA) is 35.5 Å². The van der Waals surface area contributed by atoms with E-state index in [-0.39, 0.29) is 12.2 Å². The fourth-order valence-electron chi connectivity index (χ4n) is 0.913. The highest BCUT2D eigenvalue weighted by molar-refractivity contribution is 7.57. The van der Waals surface area contributed by atoms with E-state index < -0.39 is 7.60 Å². The predicted molar refractivity (Wildman–Crippen MR) is 67.5 cm³/mol. The predicted octanol–water partition coefficient (Wildman–Crippen LogP) is 4.27. The van der Waals surface area contributed by atoms with Gasteiger partial charge in [0.15, 0.2) is 0 Å². The van der Waals surface area contributed by atoms with Gasteiger partial charge in [0, 0.05) is 0 Å². The zero-order chi connectivity index (χ0) is 12.8. The van der Waals surface area contributed by atoms with Gasteiger partial charge in [-0.2, -0.15) is 0 Å². The first-order chi connectivity index (χ1) is 7.29. The van der Waals surface area contributed by atoms with Crippen molar-refractivity contribution in [2.24, 2.45) is 0 Å². The number of hydrogen-bond donors (Lipinski definition) is 0. The molecule has 0 aromatic rings. The molecule has 0 fully saturated rings. The van der Waals surface area contributed by atoms with Gasteiger partial charge >= 0.3 is 7.60 Å². The lowest BCUT2D eigenvalue weighted by Crippen LogP contribution is -2.06. The Bertz CT molecular complexity index is 322. The molecule has 0 heterocycles. The molecule has 0 spiro atoms. The van der Waals surface area contributed by atoms with Gasteiger partial charge in [0.1, 0.15) is 0 Å². The summed E-state index contributed by atoms with van der Waals surface area (Å²) in [4.78, 5) is 0. The second kappa shape index (κ2) is 6.88. The van der Waals surface area contributed by atoms with E-state index in [1.165, 1.54) is 5.82 Å². The molecule has 3 nitrogen and oxygen atoms in total. The van der Waals surface area contributed by atoms with E-state index in [9.17, 15) is 4.57 Å². The molecular formula is C12H21O3P. The molecule has 4 heteroatoms. The SMILES string of the molecule is C=CC(C)=C=CP(=O)(OC(C)C)OC(C)C. The van der Waals surface area contributed by atoms with Gasteiger partial charge in [-0.1, -0.05) is 12.7 Å². The molecule has 0 aliphatic rings. The van der Waals surface area contributed by atoms with Crippen LogP contribution in [0, 0.1) is 0 Å². The Morgan fingerprint density at radius 2 is 1.69 bits per heavy atom. The van der Waals surface area contributed by atoms with Crippen LogP contribution in [0.1, 0.15) is 34.6 Å². The molecular weight excluding hydrogens is 223 g/mol. The summed E-state index contributed by atoms with van der Waals surface area (Å²) < 4.78 is 22.9. The molecule has 92 valence electrons. The molecule has 0 aliphatic carbocycles. The quantitative estimate of drug-likeness (QED) is 0.397. The highest BCUT2D eigenvalue weighted by atomic mass is 31.2. The Balaban J connectivity index is 5.01. The lowest BCUT2D eigenvalue weighted by atomic mass is 10.3. The zero-order valence-electron chi connectivity index (χ0n) is 10.7. The molecule has 0 saturated carbocycles. The van der Waals surface area contributed by atoms with Gasteiger partial charge in [-0.3, -0.25) is 4.57 Å². The maximum atomic E-state index is 12.2. The van der Waals surface area contributed by atoms with Crippen LogP contribution in [0.15, 0.2) is 29.8 Å². The average molecular weight is 244 g/mol. The Hall–Kier alpha value is -0.590. The van der Waals surface area contributed by atoms with Crippen LogP contribution in [0.5, 0.6) is 0 Å². The summed E-state index contributed by atoms with van der Waals surface area (Å²) in [6, 6.07) is 0. The van der Waals surface area contributed by atoms with E-state index in [2.05, 4.69) is 12.3 Å². The van der Waals surface area contributed by atoms with E-state index in [0.29, 0.717) is 0 Å². The summed E-state index contributed by atoms with van der Waals surface area (Å²) in [6.45, 7) is 12.7.